The molecule has 0 bridgehead atoms. The van der Waals surface area contributed by atoms with Crippen LogP contribution >= 0.6 is 0 Å². The van der Waals surface area contributed by atoms with Crippen LogP contribution in [0.4, 0.5) is 0 Å². The minimum absolute atomic E-state index is 0.235. The van der Waals surface area contributed by atoms with Gasteiger partial charge in [0, 0.05) is 23.7 Å². The summed E-state index contributed by atoms with van der Waals surface area (Å²) in [7, 11) is 0. The molecule has 0 aromatic heterocycles. The van der Waals surface area contributed by atoms with Gasteiger partial charge in [-0.15, -0.1) is 0 Å². The molecule has 2 rings (SSSR count). The highest BCUT2D eigenvalue weighted by atomic mass is 16.1. The molecule has 1 aliphatic heterocycles. The van der Waals surface area contributed by atoms with Crippen LogP contribution in [0.3, 0.4) is 0 Å². The molecule has 1 aliphatic carbocycles. The minimum atomic E-state index is 0.235. The third kappa shape index (κ3) is 1.57. The Morgan fingerprint density at radius 2 is 2.23 bits per heavy atom. The van der Waals surface area contributed by atoms with Gasteiger partial charge in [-0.05, 0) is 25.0 Å². The number of nitrogens with one attached hydrogen (secondary N) is 1. The predicted octanol–water partition coefficient (Wildman–Crippen LogP) is 1.77. The molecule has 68 valence electrons. The van der Waals surface area contributed by atoms with Gasteiger partial charge in [0.25, 0.3) is 0 Å². The molecular weight excluding hydrogens is 162 g/mol. The third-order valence-corrected chi connectivity index (χ3v) is 2.75. The highest BCUT2D eigenvalue weighted by molar-refractivity contribution is 5.57. The lowest BCUT2D eigenvalue weighted by Crippen LogP contribution is -2.32. The molecule has 2 heteroatoms. The van der Waals surface area contributed by atoms with Crippen LogP contribution in [0.2, 0.25) is 0 Å². The van der Waals surface area contributed by atoms with Gasteiger partial charge in [0.15, 0.2) is 0 Å². The van der Waals surface area contributed by atoms with E-state index in [9.17, 15) is 4.79 Å². The van der Waals surface area contributed by atoms with E-state index in [1.165, 1.54) is 5.70 Å². The summed E-state index contributed by atoms with van der Waals surface area (Å²) in [4.78, 5) is 10.6. The van der Waals surface area contributed by atoms with Crippen molar-refractivity contribution in [3.05, 3.63) is 36.2 Å². The zero-order valence-corrected chi connectivity index (χ0v) is 7.44. The van der Waals surface area contributed by atoms with Gasteiger partial charge in [0.05, 0.1) is 0 Å². The van der Waals surface area contributed by atoms with Gasteiger partial charge < -0.3 is 10.1 Å². The highest BCUT2D eigenvalue weighted by Crippen LogP contribution is 2.37. The van der Waals surface area contributed by atoms with Crippen molar-refractivity contribution >= 4 is 6.29 Å². The molecule has 1 fully saturated rings. The molecule has 2 aliphatic rings. The molecule has 0 saturated heterocycles. The number of rotatable bonds is 2. The molecule has 2 unspecified atom stereocenters. The van der Waals surface area contributed by atoms with Crippen LogP contribution in [0.5, 0.6) is 0 Å². The van der Waals surface area contributed by atoms with E-state index in [0.717, 1.165) is 19.1 Å². The number of carbonyl (C=O) groups excluding carboxylic acids is 1. The molecule has 2 nitrogen and oxygen atoms in total. The standard InChI is InChI=1S/C11H13NO/c13-8-9-5-6-10(9)11-4-2-1-3-7-12-11/h1-4,7-10,12H,5-6H2. The summed E-state index contributed by atoms with van der Waals surface area (Å²) in [5.41, 5.74) is 1.17. The Morgan fingerprint density at radius 3 is 2.92 bits per heavy atom. The van der Waals surface area contributed by atoms with E-state index < -0.39 is 0 Å². The Hall–Kier alpha value is -1.31. The van der Waals surface area contributed by atoms with Crippen LogP contribution in [0.15, 0.2) is 36.2 Å². The second-order valence-electron chi connectivity index (χ2n) is 3.49. The lowest BCUT2D eigenvalue weighted by Gasteiger charge is -2.34. The normalized spacial score (nSPS) is 31.2. The van der Waals surface area contributed by atoms with Crippen molar-refractivity contribution in [2.24, 2.45) is 11.8 Å². The Labute approximate surface area is 78.0 Å². The molecular formula is C11H13NO. The molecule has 0 aromatic rings. The second-order valence-corrected chi connectivity index (χ2v) is 3.49. The lowest BCUT2D eigenvalue weighted by atomic mass is 9.72. The van der Waals surface area contributed by atoms with E-state index in [4.69, 9.17) is 0 Å². The summed E-state index contributed by atoms with van der Waals surface area (Å²) >= 11 is 0. The van der Waals surface area contributed by atoms with Crippen molar-refractivity contribution in [2.75, 3.05) is 0 Å². The highest BCUT2D eigenvalue weighted by Gasteiger charge is 2.32. The van der Waals surface area contributed by atoms with E-state index in [0.29, 0.717) is 5.92 Å². The first-order valence-electron chi connectivity index (χ1n) is 4.67. The van der Waals surface area contributed by atoms with Crippen LogP contribution in [0.25, 0.3) is 0 Å². The van der Waals surface area contributed by atoms with Gasteiger partial charge in [0.1, 0.15) is 6.29 Å². The summed E-state index contributed by atoms with van der Waals surface area (Å²) in [6.07, 6.45) is 13.2. The van der Waals surface area contributed by atoms with E-state index in [2.05, 4.69) is 11.4 Å². The Bertz CT molecular complexity index is 288. The average molecular weight is 175 g/mol. The monoisotopic (exact) mass is 175 g/mol. The van der Waals surface area contributed by atoms with Crippen molar-refractivity contribution in [1.29, 1.82) is 0 Å². The Morgan fingerprint density at radius 1 is 1.31 bits per heavy atom. The first-order chi connectivity index (χ1) is 6.42. The maximum absolute atomic E-state index is 10.6. The number of aldehydes is 1. The van der Waals surface area contributed by atoms with Gasteiger partial charge >= 0.3 is 0 Å². The van der Waals surface area contributed by atoms with Crippen LogP contribution in [-0.4, -0.2) is 6.29 Å². The Kier molecular flexibility index (Phi) is 2.30. The molecule has 1 heterocycles. The van der Waals surface area contributed by atoms with Gasteiger partial charge in [-0.3, -0.25) is 0 Å². The van der Waals surface area contributed by atoms with Crippen LogP contribution in [0, 0.1) is 11.8 Å². The SMILES string of the molecule is O=CC1CCC1C1=CC=CC=CN1. The maximum Gasteiger partial charge on any atom is 0.123 e. The van der Waals surface area contributed by atoms with Crippen molar-refractivity contribution in [3.8, 4) is 0 Å². The average Bonchev–Trinajstić information content (AvgIpc) is 2.32. The van der Waals surface area contributed by atoms with Crippen LogP contribution in [0.1, 0.15) is 12.8 Å². The van der Waals surface area contributed by atoms with E-state index >= 15 is 0 Å². The topological polar surface area (TPSA) is 29.1 Å². The van der Waals surface area contributed by atoms with Crippen LogP contribution in [-0.2, 0) is 4.79 Å². The van der Waals surface area contributed by atoms with Gasteiger partial charge in [0.2, 0.25) is 0 Å². The van der Waals surface area contributed by atoms with Gasteiger partial charge in [-0.25, -0.2) is 0 Å². The molecule has 1 N–H and O–H groups in total. The predicted molar refractivity (Wildman–Crippen MR) is 51.8 cm³/mol. The number of hydrogen-bond donors (Lipinski definition) is 1. The van der Waals surface area contributed by atoms with Crippen molar-refractivity contribution in [3.63, 3.8) is 0 Å². The maximum atomic E-state index is 10.6. The van der Waals surface area contributed by atoms with Crippen molar-refractivity contribution < 1.29 is 4.79 Å². The summed E-state index contributed by atoms with van der Waals surface area (Å²) in [6.45, 7) is 0. The summed E-state index contributed by atoms with van der Waals surface area (Å²) < 4.78 is 0. The first-order valence-corrected chi connectivity index (χ1v) is 4.67. The summed E-state index contributed by atoms with van der Waals surface area (Å²) in [5, 5.41) is 3.21. The molecule has 0 radical (unpaired) electrons. The van der Waals surface area contributed by atoms with E-state index in [-0.39, 0.29) is 5.92 Å². The van der Waals surface area contributed by atoms with E-state index in [1.807, 2.05) is 24.4 Å². The molecule has 0 aromatic carbocycles. The molecule has 2 atom stereocenters. The molecule has 1 saturated carbocycles. The Balaban J connectivity index is 2.08. The fraction of sp³-hybridized carbons (Fsp3) is 0.364. The quantitative estimate of drug-likeness (QED) is 0.648. The number of hydrogen-bond acceptors (Lipinski definition) is 2. The number of carbonyl (C=O) groups is 1. The largest absolute Gasteiger partial charge is 0.365 e. The van der Waals surface area contributed by atoms with E-state index in [1.54, 1.807) is 0 Å². The third-order valence-electron chi connectivity index (χ3n) is 2.75. The fourth-order valence-corrected chi connectivity index (χ4v) is 1.78. The lowest BCUT2D eigenvalue weighted by molar-refractivity contribution is -0.114. The zero-order valence-electron chi connectivity index (χ0n) is 7.44. The number of allylic oxidation sites excluding steroid dienone is 5. The molecule has 0 spiro atoms. The minimum Gasteiger partial charge on any atom is -0.365 e. The smallest absolute Gasteiger partial charge is 0.123 e. The summed E-state index contributed by atoms with van der Waals surface area (Å²) in [5.74, 6) is 0.656. The van der Waals surface area contributed by atoms with Gasteiger partial charge in [-0.1, -0.05) is 12.2 Å². The first kappa shape index (κ1) is 8.30. The van der Waals surface area contributed by atoms with Crippen molar-refractivity contribution in [2.45, 2.75) is 12.8 Å². The zero-order chi connectivity index (χ0) is 9.10. The van der Waals surface area contributed by atoms with Crippen molar-refractivity contribution in [1.82, 2.24) is 5.32 Å². The molecule has 13 heavy (non-hydrogen) atoms. The van der Waals surface area contributed by atoms with Gasteiger partial charge in [-0.2, -0.15) is 0 Å². The van der Waals surface area contributed by atoms with Crippen LogP contribution < -0.4 is 5.32 Å². The second kappa shape index (κ2) is 3.60. The fourth-order valence-electron chi connectivity index (χ4n) is 1.78. The molecule has 0 amide bonds. The summed E-state index contributed by atoms with van der Waals surface area (Å²) in [6, 6.07) is 0.